The van der Waals surface area contributed by atoms with Gasteiger partial charge < -0.3 is 9.47 Å². The van der Waals surface area contributed by atoms with Crippen LogP contribution in [0.4, 0.5) is 0 Å². The molecule has 0 amide bonds. The van der Waals surface area contributed by atoms with Gasteiger partial charge in [-0.1, -0.05) is 12.1 Å². The minimum absolute atomic E-state index is 0.147. The number of morpholine rings is 1. The number of nitriles is 1. The van der Waals surface area contributed by atoms with Crippen LogP contribution in [0.2, 0.25) is 0 Å². The molecule has 0 bridgehead atoms. The summed E-state index contributed by atoms with van der Waals surface area (Å²) in [7, 11) is 0. The lowest BCUT2D eigenvalue weighted by Gasteiger charge is -2.47. The van der Waals surface area contributed by atoms with Gasteiger partial charge in [0.15, 0.2) is 0 Å². The van der Waals surface area contributed by atoms with Crippen molar-refractivity contribution in [3.63, 3.8) is 0 Å². The van der Waals surface area contributed by atoms with Crippen LogP contribution in [0.3, 0.4) is 0 Å². The van der Waals surface area contributed by atoms with Gasteiger partial charge in [0.25, 0.3) is 0 Å². The van der Waals surface area contributed by atoms with E-state index in [2.05, 4.69) is 38.7 Å². The second-order valence-corrected chi connectivity index (χ2v) is 6.79. The second-order valence-electron chi connectivity index (χ2n) is 6.79. The molecule has 1 saturated heterocycles. The maximum atomic E-state index is 9.05. The SMILES string of the molecule is CC1(C)CN(CCOc2ccccc2C#N)CC(C)(C)O1. The van der Waals surface area contributed by atoms with Crippen molar-refractivity contribution in [3.05, 3.63) is 29.8 Å². The molecule has 0 aliphatic carbocycles. The van der Waals surface area contributed by atoms with Gasteiger partial charge in [0, 0.05) is 19.6 Å². The molecule has 4 heteroatoms. The Balaban J connectivity index is 1.90. The van der Waals surface area contributed by atoms with Gasteiger partial charge in [0.1, 0.15) is 18.4 Å². The number of ether oxygens (including phenoxy) is 2. The fraction of sp³-hybridized carbons (Fsp3) is 0.588. The van der Waals surface area contributed by atoms with E-state index in [0.29, 0.717) is 17.9 Å². The molecule has 114 valence electrons. The van der Waals surface area contributed by atoms with Gasteiger partial charge in [-0.2, -0.15) is 5.26 Å². The van der Waals surface area contributed by atoms with Gasteiger partial charge in [-0.3, -0.25) is 4.90 Å². The first-order valence-corrected chi connectivity index (χ1v) is 7.36. The minimum atomic E-state index is -0.147. The number of benzene rings is 1. The molecule has 0 aromatic heterocycles. The molecule has 4 nitrogen and oxygen atoms in total. The predicted molar refractivity (Wildman–Crippen MR) is 82.3 cm³/mol. The van der Waals surface area contributed by atoms with E-state index in [1.807, 2.05) is 18.2 Å². The van der Waals surface area contributed by atoms with E-state index < -0.39 is 0 Å². The summed E-state index contributed by atoms with van der Waals surface area (Å²) >= 11 is 0. The van der Waals surface area contributed by atoms with E-state index in [4.69, 9.17) is 14.7 Å². The highest BCUT2D eigenvalue weighted by molar-refractivity contribution is 5.42. The average molecular weight is 288 g/mol. The molecule has 1 aromatic rings. The van der Waals surface area contributed by atoms with Crippen LogP contribution in [0, 0.1) is 11.3 Å². The summed E-state index contributed by atoms with van der Waals surface area (Å²) in [5.74, 6) is 0.659. The minimum Gasteiger partial charge on any atom is -0.491 e. The number of hydrogen-bond acceptors (Lipinski definition) is 4. The van der Waals surface area contributed by atoms with Crippen molar-refractivity contribution in [3.8, 4) is 11.8 Å². The summed E-state index contributed by atoms with van der Waals surface area (Å²) in [5.41, 5.74) is 0.290. The standard InChI is InChI=1S/C17H24N2O2/c1-16(2)12-19(13-17(3,4)21-16)9-10-20-15-8-6-5-7-14(15)11-18/h5-8H,9-10,12-13H2,1-4H3. The zero-order chi connectivity index (χ0) is 15.5. The first kappa shape index (κ1) is 15.8. The van der Waals surface area contributed by atoms with Crippen LogP contribution in [-0.2, 0) is 4.74 Å². The van der Waals surface area contributed by atoms with Crippen molar-refractivity contribution in [1.29, 1.82) is 5.26 Å². The topological polar surface area (TPSA) is 45.5 Å². The second kappa shape index (κ2) is 6.05. The van der Waals surface area contributed by atoms with Crippen LogP contribution in [0.5, 0.6) is 5.75 Å². The molecule has 1 aliphatic rings. The van der Waals surface area contributed by atoms with Crippen LogP contribution in [0.25, 0.3) is 0 Å². The Morgan fingerprint density at radius 1 is 1.19 bits per heavy atom. The number of para-hydroxylation sites is 1. The third kappa shape index (κ3) is 4.45. The van der Waals surface area contributed by atoms with Crippen LogP contribution in [0.15, 0.2) is 24.3 Å². The van der Waals surface area contributed by atoms with Crippen molar-refractivity contribution in [2.24, 2.45) is 0 Å². The zero-order valence-electron chi connectivity index (χ0n) is 13.3. The fourth-order valence-electron chi connectivity index (χ4n) is 3.07. The molecule has 0 atom stereocenters. The molecule has 1 aromatic carbocycles. The first-order chi connectivity index (χ1) is 9.81. The quantitative estimate of drug-likeness (QED) is 0.854. The Bertz CT molecular complexity index is 516. The van der Waals surface area contributed by atoms with Crippen molar-refractivity contribution in [2.75, 3.05) is 26.2 Å². The summed E-state index contributed by atoms with van der Waals surface area (Å²) in [4.78, 5) is 2.36. The molecule has 0 unspecified atom stereocenters. The van der Waals surface area contributed by atoms with Gasteiger partial charge in [-0.05, 0) is 39.8 Å². The molecular weight excluding hydrogens is 264 g/mol. The van der Waals surface area contributed by atoms with Gasteiger partial charge in [0.05, 0.1) is 16.8 Å². The molecule has 1 fully saturated rings. The zero-order valence-corrected chi connectivity index (χ0v) is 13.3. The lowest BCUT2D eigenvalue weighted by atomic mass is 9.99. The van der Waals surface area contributed by atoms with E-state index in [-0.39, 0.29) is 11.2 Å². The summed E-state index contributed by atoms with van der Waals surface area (Å²) in [5, 5.41) is 9.05. The molecule has 2 rings (SSSR count). The van der Waals surface area contributed by atoms with Crippen LogP contribution < -0.4 is 4.74 Å². The lowest BCUT2D eigenvalue weighted by Crippen LogP contribution is -2.57. The summed E-state index contributed by atoms with van der Waals surface area (Å²) < 4.78 is 11.8. The number of hydrogen-bond donors (Lipinski definition) is 0. The van der Waals surface area contributed by atoms with Crippen LogP contribution >= 0.6 is 0 Å². The maximum Gasteiger partial charge on any atom is 0.137 e. The van der Waals surface area contributed by atoms with Crippen molar-refractivity contribution >= 4 is 0 Å². The monoisotopic (exact) mass is 288 g/mol. The molecule has 21 heavy (non-hydrogen) atoms. The maximum absolute atomic E-state index is 9.05. The van der Waals surface area contributed by atoms with Gasteiger partial charge in [-0.15, -0.1) is 0 Å². The summed E-state index contributed by atoms with van der Waals surface area (Å²) in [6.07, 6.45) is 0. The Morgan fingerprint density at radius 3 is 2.43 bits per heavy atom. The molecule has 1 aliphatic heterocycles. The molecule has 0 spiro atoms. The van der Waals surface area contributed by atoms with Crippen molar-refractivity contribution < 1.29 is 9.47 Å². The number of nitrogens with zero attached hydrogens (tertiary/aromatic N) is 2. The highest BCUT2D eigenvalue weighted by atomic mass is 16.5. The Morgan fingerprint density at radius 2 is 1.81 bits per heavy atom. The first-order valence-electron chi connectivity index (χ1n) is 7.36. The highest BCUT2D eigenvalue weighted by Crippen LogP contribution is 2.27. The Kier molecular flexibility index (Phi) is 4.55. The Labute approximate surface area is 127 Å². The number of rotatable bonds is 4. The van der Waals surface area contributed by atoms with Crippen LogP contribution in [-0.4, -0.2) is 42.3 Å². The van der Waals surface area contributed by atoms with Crippen molar-refractivity contribution in [2.45, 2.75) is 38.9 Å². The van der Waals surface area contributed by atoms with Gasteiger partial charge in [0.2, 0.25) is 0 Å². The van der Waals surface area contributed by atoms with Crippen molar-refractivity contribution in [1.82, 2.24) is 4.90 Å². The molecule has 1 heterocycles. The van der Waals surface area contributed by atoms with Gasteiger partial charge in [-0.25, -0.2) is 0 Å². The van der Waals surface area contributed by atoms with Gasteiger partial charge >= 0.3 is 0 Å². The largest absolute Gasteiger partial charge is 0.491 e. The fourth-order valence-corrected chi connectivity index (χ4v) is 3.07. The third-order valence-electron chi connectivity index (χ3n) is 3.43. The van der Waals surface area contributed by atoms with E-state index in [0.717, 1.165) is 19.6 Å². The summed E-state index contributed by atoms with van der Waals surface area (Å²) in [6.45, 7) is 11.7. The third-order valence-corrected chi connectivity index (χ3v) is 3.43. The molecule has 0 N–H and O–H groups in total. The van der Waals surface area contributed by atoms with E-state index in [1.54, 1.807) is 6.07 Å². The Hall–Kier alpha value is -1.57. The normalized spacial score (nSPS) is 20.7. The van der Waals surface area contributed by atoms with Crippen LogP contribution in [0.1, 0.15) is 33.3 Å². The van der Waals surface area contributed by atoms with E-state index in [1.165, 1.54) is 0 Å². The summed E-state index contributed by atoms with van der Waals surface area (Å²) in [6, 6.07) is 9.50. The molecule has 0 radical (unpaired) electrons. The predicted octanol–water partition coefficient (Wildman–Crippen LogP) is 2.83. The smallest absolute Gasteiger partial charge is 0.137 e. The average Bonchev–Trinajstić information content (AvgIpc) is 2.35. The van der Waals surface area contributed by atoms with E-state index in [9.17, 15) is 0 Å². The lowest BCUT2D eigenvalue weighted by molar-refractivity contribution is -0.181. The molecule has 0 saturated carbocycles. The highest BCUT2D eigenvalue weighted by Gasteiger charge is 2.37. The molecular formula is C17H24N2O2. The van der Waals surface area contributed by atoms with E-state index >= 15 is 0 Å².